The number of carbonyl (C=O) groups is 1. The number of carbonyl (C=O) groups excluding carboxylic acids is 1. The molecule has 1 aromatic carbocycles. The van der Waals surface area contributed by atoms with Gasteiger partial charge in [-0.2, -0.15) is 0 Å². The van der Waals surface area contributed by atoms with Crippen LogP contribution >= 0.6 is 11.6 Å². The molecule has 8 heteroatoms. The fourth-order valence-electron chi connectivity index (χ4n) is 6.86. The van der Waals surface area contributed by atoms with Gasteiger partial charge in [0.25, 0.3) is 0 Å². The van der Waals surface area contributed by atoms with Gasteiger partial charge in [0.2, 0.25) is 0 Å². The highest BCUT2D eigenvalue weighted by atomic mass is 35.5. The predicted molar refractivity (Wildman–Crippen MR) is 113 cm³/mol. The van der Waals surface area contributed by atoms with Crippen LogP contribution in [-0.4, -0.2) is 55.9 Å². The summed E-state index contributed by atoms with van der Waals surface area (Å²) < 4.78 is 5.64. The van der Waals surface area contributed by atoms with Crippen LogP contribution in [0.4, 0.5) is 0 Å². The second kappa shape index (κ2) is 6.98. The van der Waals surface area contributed by atoms with E-state index in [2.05, 4.69) is 13.8 Å². The Balaban J connectivity index is 1.66. The first-order valence-corrected chi connectivity index (χ1v) is 11.1. The molecule has 0 heterocycles. The summed E-state index contributed by atoms with van der Waals surface area (Å²) >= 11 is 6.01. The number of phenolic OH excluding ortho intramolecular Hbond substituents is 2. The van der Waals surface area contributed by atoms with Gasteiger partial charge < -0.3 is 30.3 Å². The van der Waals surface area contributed by atoms with E-state index in [1.54, 1.807) is 0 Å². The number of fused-ring (bicyclic) bond motifs is 3. The normalized spacial score (nSPS) is 40.6. The van der Waals surface area contributed by atoms with Crippen LogP contribution in [0.5, 0.6) is 11.5 Å². The molecular weight excluding hydrogens is 424 g/mol. The highest BCUT2D eigenvalue weighted by molar-refractivity contribution is 6.33. The number of aromatic hydroxyl groups is 2. The van der Waals surface area contributed by atoms with Gasteiger partial charge in [0.05, 0.1) is 17.7 Å². The van der Waals surface area contributed by atoms with Crippen LogP contribution in [-0.2, 0) is 4.74 Å². The van der Waals surface area contributed by atoms with Crippen molar-refractivity contribution in [1.29, 1.82) is 0 Å². The van der Waals surface area contributed by atoms with Crippen molar-refractivity contribution in [2.45, 2.75) is 64.8 Å². The molecule has 3 aliphatic carbocycles. The Kier molecular flexibility index (Phi) is 5.10. The Hall–Kier alpha value is -1.54. The summed E-state index contributed by atoms with van der Waals surface area (Å²) in [4.78, 5) is 12.9. The first-order chi connectivity index (χ1) is 14.3. The molecule has 5 N–H and O–H groups in total. The topological polar surface area (TPSA) is 127 Å². The Morgan fingerprint density at radius 2 is 1.84 bits per heavy atom. The molecule has 0 aliphatic heterocycles. The standard InChI is InChI=1S/C23H31ClO7/c1-10-17(14(26)5-15(27)18(10)24)20(29)31-16-8-22(4)12-7-21(2,3)6-11(12)19(28)13(9-25)23(16,22)30/h5,11-13,16,19,25-28,30H,6-9H2,1-4H3/t11-,12+,13-,16-,19+,22-,23+/m1/s1. The molecule has 3 fully saturated rings. The predicted octanol–water partition coefficient (Wildman–Crippen LogP) is 2.76. The largest absolute Gasteiger partial charge is 0.507 e. The van der Waals surface area contributed by atoms with Gasteiger partial charge in [0.15, 0.2) is 0 Å². The lowest BCUT2D eigenvalue weighted by molar-refractivity contribution is -0.332. The fraction of sp³-hybridized carbons (Fsp3) is 0.696. The smallest absolute Gasteiger partial charge is 0.342 e. The van der Waals surface area contributed by atoms with E-state index in [9.17, 15) is 30.3 Å². The van der Waals surface area contributed by atoms with Crippen LogP contribution in [0.1, 0.15) is 56.0 Å². The van der Waals surface area contributed by atoms with Crippen LogP contribution in [0.15, 0.2) is 6.07 Å². The minimum Gasteiger partial charge on any atom is -0.507 e. The van der Waals surface area contributed by atoms with E-state index < -0.39 is 47.5 Å². The molecule has 0 radical (unpaired) electrons. The number of benzene rings is 1. The molecule has 0 aromatic heterocycles. The fourth-order valence-corrected chi connectivity index (χ4v) is 7.01. The third-order valence-electron chi connectivity index (χ3n) is 8.44. The van der Waals surface area contributed by atoms with Crippen LogP contribution in [0.2, 0.25) is 5.02 Å². The van der Waals surface area contributed by atoms with E-state index in [0.29, 0.717) is 6.42 Å². The summed E-state index contributed by atoms with van der Waals surface area (Å²) in [5.41, 5.74) is -2.22. The molecule has 172 valence electrons. The lowest BCUT2D eigenvalue weighted by atomic mass is 9.40. The van der Waals surface area contributed by atoms with Gasteiger partial charge >= 0.3 is 5.97 Å². The number of rotatable bonds is 3. The molecule has 0 amide bonds. The van der Waals surface area contributed by atoms with Crippen molar-refractivity contribution in [2.75, 3.05) is 6.61 Å². The SMILES string of the molecule is Cc1c(Cl)c(O)cc(O)c1C(=O)O[C@@H]1C[C@]2(C)[C@H]3CC(C)(C)C[C@H]3[C@H](O)[C@@H](CO)[C@]12O. The van der Waals surface area contributed by atoms with Crippen LogP contribution in [0.25, 0.3) is 0 Å². The Morgan fingerprint density at radius 1 is 1.19 bits per heavy atom. The highest BCUT2D eigenvalue weighted by Crippen LogP contribution is 2.70. The minimum absolute atomic E-state index is 0.0119. The zero-order chi connectivity index (χ0) is 23.1. The first kappa shape index (κ1) is 22.6. The monoisotopic (exact) mass is 454 g/mol. The summed E-state index contributed by atoms with van der Waals surface area (Å²) in [6.45, 7) is 7.28. The van der Waals surface area contributed by atoms with Crippen LogP contribution in [0.3, 0.4) is 0 Å². The second-order valence-corrected chi connectivity index (χ2v) is 11.1. The van der Waals surface area contributed by atoms with Crippen LogP contribution in [0, 0.1) is 35.5 Å². The maximum Gasteiger partial charge on any atom is 0.342 e. The molecule has 31 heavy (non-hydrogen) atoms. The van der Waals surface area contributed by atoms with E-state index in [4.69, 9.17) is 16.3 Å². The summed E-state index contributed by atoms with van der Waals surface area (Å²) in [7, 11) is 0. The van der Waals surface area contributed by atoms with Gasteiger partial charge in [-0.05, 0) is 49.0 Å². The van der Waals surface area contributed by atoms with E-state index in [1.807, 2.05) is 6.92 Å². The number of ether oxygens (including phenoxy) is 1. The van der Waals surface area contributed by atoms with Gasteiger partial charge in [0.1, 0.15) is 28.8 Å². The molecule has 7 nitrogen and oxygen atoms in total. The number of halogens is 1. The summed E-state index contributed by atoms with van der Waals surface area (Å²) in [6, 6.07) is 0.970. The lowest BCUT2D eigenvalue weighted by Crippen LogP contribution is -2.79. The maximum atomic E-state index is 12.9. The Bertz CT molecular complexity index is 931. The number of hydrogen-bond acceptors (Lipinski definition) is 7. The third-order valence-corrected chi connectivity index (χ3v) is 8.91. The van der Waals surface area contributed by atoms with E-state index in [0.717, 1.165) is 18.9 Å². The molecule has 0 bridgehead atoms. The molecule has 1 aromatic rings. The Morgan fingerprint density at radius 3 is 2.45 bits per heavy atom. The van der Waals surface area contributed by atoms with E-state index in [1.165, 1.54) is 6.92 Å². The summed E-state index contributed by atoms with van der Waals surface area (Å²) in [6.07, 6.45) is 0.175. The third kappa shape index (κ3) is 2.93. The van der Waals surface area contributed by atoms with Crippen molar-refractivity contribution in [3.8, 4) is 11.5 Å². The number of aliphatic hydroxyl groups excluding tert-OH is 2. The van der Waals surface area contributed by atoms with Gasteiger partial charge in [-0.1, -0.05) is 32.4 Å². The average Bonchev–Trinajstić information content (AvgIpc) is 3.01. The van der Waals surface area contributed by atoms with Crippen molar-refractivity contribution >= 4 is 17.6 Å². The highest BCUT2D eigenvalue weighted by Gasteiger charge is 2.76. The van der Waals surface area contributed by atoms with E-state index in [-0.39, 0.29) is 39.1 Å². The minimum atomic E-state index is -1.59. The number of aliphatic hydroxyl groups is 3. The molecule has 0 unspecified atom stereocenters. The molecule has 4 rings (SSSR count). The Labute approximate surface area is 186 Å². The quantitative estimate of drug-likeness (QED) is 0.444. The molecule has 3 saturated carbocycles. The molecule has 7 atom stereocenters. The summed E-state index contributed by atoms with van der Waals surface area (Å²) in [5.74, 6) is -2.54. The van der Waals surface area contributed by atoms with Crippen LogP contribution < -0.4 is 0 Å². The van der Waals surface area contributed by atoms with Crippen molar-refractivity contribution < 1.29 is 35.1 Å². The number of hydrogen-bond donors (Lipinski definition) is 5. The van der Waals surface area contributed by atoms with Crippen molar-refractivity contribution in [3.63, 3.8) is 0 Å². The zero-order valence-electron chi connectivity index (χ0n) is 18.2. The van der Waals surface area contributed by atoms with Gasteiger partial charge in [-0.25, -0.2) is 4.79 Å². The van der Waals surface area contributed by atoms with Gasteiger partial charge in [-0.15, -0.1) is 0 Å². The summed E-state index contributed by atoms with van der Waals surface area (Å²) in [5, 5.41) is 52.8. The second-order valence-electron chi connectivity index (χ2n) is 10.7. The molecular formula is C23H31ClO7. The zero-order valence-corrected chi connectivity index (χ0v) is 19.0. The average molecular weight is 455 g/mol. The van der Waals surface area contributed by atoms with Crippen molar-refractivity contribution in [1.82, 2.24) is 0 Å². The number of esters is 1. The van der Waals surface area contributed by atoms with Crippen molar-refractivity contribution in [2.24, 2.45) is 28.6 Å². The van der Waals surface area contributed by atoms with E-state index >= 15 is 0 Å². The molecule has 0 saturated heterocycles. The molecule has 0 spiro atoms. The molecule has 3 aliphatic rings. The number of phenols is 2. The maximum absolute atomic E-state index is 12.9. The van der Waals surface area contributed by atoms with Crippen molar-refractivity contribution in [3.05, 3.63) is 22.2 Å². The van der Waals surface area contributed by atoms with Gasteiger partial charge in [0, 0.05) is 17.4 Å². The first-order valence-electron chi connectivity index (χ1n) is 10.7. The van der Waals surface area contributed by atoms with Gasteiger partial charge in [-0.3, -0.25) is 0 Å². The lowest BCUT2D eigenvalue weighted by Gasteiger charge is -2.69.